The van der Waals surface area contributed by atoms with Gasteiger partial charge in [-0.05, 0) is 6.92 Å². The minimum Gasteiger partial charge on any atom is -0.356 e. The van der Waals surface area contributed by atoms with E-state index in [0.29, 0.717) is 31.2 Å². The molecule has 3 heterocycles. The standard InChI is InChI=1S/C14H19N7O3/c1-3-15-14-17-12-11(13(24)18-14)16-8-21(12)7-10(23)20-5-4-19(2)9(22)6-20/h8H,3-7H2,1-2H3,(H2,15,17,18,24). The van der Waals surface area contributed by atoms with Crippen molar-refractivity contribution >= 4 is 28.9 Å². The van der Waals surface area contributed by atoms with Gasteiger partial charge in [0.2, 0.25) is 17.8 Å². The van der Waals surface area contributed by atoms with E-state index in [2.05, 4.69) is 20.3 Å². The molecule has 2 aromatic rings. The van der Waals surface area contributed by atoms with E-state index in [1.807, 2.05) is 6.92 Å². The van der Waals surface area contributed by atoms with Gasteiger partial charge in [-0.2, -0.15) is 4.98 Å². The van der Waals surface area contributed by atoms with Crippen LogP contribution in [0.3, 0.4) is 0 Å². The Hall–Kier alpha value is -2.91. The monoisotopic (exact) mass is 333 g/mol. The molecule has 2 N–H and O–H groups in total. The largest absolute Gasteiger partial charge is 0.356 e. The molecule has 1 aliphatic heterocycles. The van der Waals surface area contributed by atoms with E-state index in [-0.39, 0.29) is 36.0 Å². The van der Waals surface area contributed by atoms with Gasteiger partial charge in [-0.15, -0.1) is 0 Å². The van der Waals surface area contributed by atoms with Gasteiger partial charge < -0.3 is 19.7 Å². The first kappa shape index (κ1) is 16.0. The maximum absolute atomic E-state index is 12.4. The van der Waals surface area contributed by atoms with Crippen molar-refractivity contribution in [3.8, 4) is 0 Å². The summed E-state index contributed by atoms with van der Waals surface area (Å²) in [7, 11) is 1.71. The Kier molecular flexibility index (Phi) is 4.19. The van der Waals surface area contributed by atoms with Crippen molar-refractivity contribution in [1.82, 2.24) is 29.3 Å². The van der Waals surface area contributed by atoms with Crippen molar-refractivity contribution in [1.29, 1.82) is 0 Å². The summed E-state index contributed by atoms with van der Waals surface area (Å²) in [6.45, 7) is 3.54. The molecule has 0 aliphatic carbocycles. The van der Waals surface area contributed by atoms with Crippen LogP contribution in [-0.4, -0.2) is 74.4 Å². The molecule has 0 atom stereocenters. The molecule has 1 saturated heterocycles. The summed E-state index contributed by atoms with van der Waals surface area (Å²) in [5.74, 6) is 0.0379. The summed E-state index contributed by atoms with van der Waals surface area (Å²) in [5, 5.41) is 2.93. The molecule has 1 fully saturated rings. The fourth-order valence-corrected chi connectivity index (χ4v) is 2.54. The molecular formula is C14H19N7O3. The van der Waals surface area contributed by atoms with Crippen molar-refractivity contribution in [2.45, 2.75) is 13.5 Å². The SMILES string of the molecule is CCNc1nc2c(ncn2CC(=O)N2CCN(C)C(=O)C2)c(=O)[nH]1. The van der Waals surface area contributed by atoms with Crippen LogP contribution in [0, 0.1) is 0 Å². The highest BCUT2D eigenvalue weighted by Crippen LogP contribution is 2.09. The number of H-pyrrole nitrogens is 1. The van der Waals surface area contributed by atoms with Crippen molar-refractivity contribution in [2.24, 2.45) is 0 Å². The van der Waals surface area contributed by atoms with Gasteiger partial charge in [0, 0.05) is 26.7 Å². The Morgan fingerprint density at radius 3 is 2.88 bits per heavy atom. The lowest BCUT2D eigenvalue weighted by Crippen LogP contribution is -2.51. The molecule has 24 heavy (non-hydrogen) atoms. The number of carbonyl (C=O) groups is 2. The molecule has 3 rings (SSSR count). The average Bonchev–Trinajstić information content (AvgIpc) is 2.94. The molecule has 0 bridgehead atoms. The number of amides is 2. The lowest BCUT2D eigenvalue weighted by Gasteiger charge is -2.32. The Labute approximate surface area is 137 Å². The van der Waals surface area contributed by atoms with Crippen LogP contribution in [0.25, 0.3) is 11.2 Å². The summed E-state index contributed by atoms with van der Waals surface area (Å²) < 4.78 is 1.52. The molecule has 2 amide bonds. The molecule has 0 unspecified atom stereocenters. The van der Waals surface area contributed by atoms with Gasteiger partial charge >= 0.3 is 0 Å². The van der Waals surface area contributed by atoms with E-state index in [9.17, 15) is 14.4 Å². The number of aromatic amines is 1. The van der Waals surface area contributed by atoms with Gasteiger partial charge in [0.05, 0.1) is 12.9 Å². The highest BCUT2D eigenvalue weighted by molar-refractivity contribution is 5.86. The lowest BCUT2D eigenvalue weighted by molar-refractivity contribution is -0.144. The van der Waals surface area contributed by atoms with E-state index in [0.717, 1.165) is 0 Å². The van der Waals surface area contributed by atoms with Gasteiger partial charge in [-0.25, -0.2) is 4.98 Å². The predicted octanol–water partition coefficient (Wildman–Crippen LogP) is -1.15. The quantitative estimate of drug-likeness (QED) is 0.730. The number of fused-ring (bicyclic) bond motifs is 1. The highest BCUT2D eigenvalue weighted by Gasteiger charge is 2.25. The van der Waals surface area contributed by atoms with Crippen molar-refractivity contribution < 1.29 is 9.59 Å². The van der Waals surface area contributed by atoms with Gasteiger partial charge in [-0.3, -0.25) is 19.4 Å². The van der Waals surface area contributed by atoms with Crippen LogP contribution in [0.15, 0.2) is 11.1 Å². The first-order valence-corrected chi connectivity index (χ1v) is 7.70. The number of rotatable bonds is 4. The van der Waals surface area contributed by atoms with Crippen LogP contribution >= 0.6 is 0 Å². The van der Waals surface area contributed by atoms with Crippen LogP contribution in [0.1, 0.15) is 6.92 Å². The van der Waals surface area contributed by atoms with E-state index in [4.69, 9.17) is 0 Å². The molecule has 10 nitrogen and oxygen atoms in total. The van der Waals surface area contributed by atoms with E-state index < -0.39 is 0 Å². The maximum atomic E-state index is 12.4. The van der Waals surface area contributed by atoms with Crippen LogP contribution in [0.2, 0.25) is 0 Å². The van der Waals surface area contributed by atoms with Crippen LogP contribution < -0.4 is 10.9 Å². The molecular weight excluding hydrogens is 314 g/mol. The fraction of sp³-hybridized carbons (Fsp3) is 0.500. The van der Waals surface area contributed by atoms with Crippen molar-refractivity contribution in [3.63, 3.8) is 0 Å². The molecule has 0 spiro atoms. The second kappa shape index (κ2) is 6.30. The predicted molar refractivity (Wildman–Crippen MR) is 86.5 cm³/mol. The van der Waals surface area contributed by atoms with Gasteiger partial charge in [-0.1, -0.05) is 0 Å². The molecule has 128 valence electrons. The number of piperazine rings is 1. The first-order valence-electron chi connectivity index (χ1n) is 7.70. The summed E-state index contributed by atoms with van der Waals surface area (Å²) in [6, 6.07) is 0. The minimum absolute atomic E-state index is 0.0183. The third-order valence-corrected chi connectivity index (χ3v) is 3.93. The Morgan fingerprint density at radius 2 is 2.17 bits per heavy atom. The van der Waals surface area contributed by atoms with Crippen LogP contribution in [0.4, 0.5) is 5.95 Å². The van der Waals surface area contributed by atoms with Crippen LogP contribution in [0.5, 0.6) is 0 Å². The van der Waals surface area contributed by atoms with Gasteiger partial charge in [0.25, 0.3) is 5.56 Å². The fourth-order valence-electron chi connectivity index (χ4n) is 2.54. The number of imidazole rings is 1. The molecule has 0 aromatic carbocycles. The topological polar surface area (TPSA) is 116 Å². The number of hydrogen-bond acceptors (Lipinski definition) is 6. The number of nitrogens with one attached hydrogen (secondary N) is 2. The number of anilines is 1. The number of hydrogen-bond donors (Lipinski definition) is 2. The summed E-state index contributed by atoms with van der Waals surface area (Å²) >= 11 is 0. The van der Waals surface area contributed by atoms with Crippen molar-refractivity contribution in [3.05, 3.63) is 16.7 Å². The summed E-state index contributed by atoms with van der Waals surface area (Å²) in [5.41, 5.74) is 0.152. The molecule has 10 heteroatoms. The van der Waals surface area contributed by atoms with Gasteiger partial charge in [0.1, 0.15) is 6.54 Å². The smallest absolute Gasteiger partial charge is 0.280 e. The number of nitrogens with zero attached hydrogens (tertiary/aromatic N) is 5. The Morgan fingerprint density at radius 1 is 1.38 bits per heavy atom. The highest BCUT2D eigenvalue weighted by atomic mass is 16.2. The van der Waals surface area contributed by atoms with Gasteiger partial charge in [0.15, 0.2) is 11.2 Å². The number of aromatic nitrogens is 4. The number of likely N-dealkylation sites (N-methyl/N-ethyl adjacent to an activating group) is 1. The summed E-state index contributed by atoms with van der Waals surface area (Å²) in [6.07, 6.45) is 1.42. The second-order valence-corrected chi connectivity index (χ2v) is 5.62. The zero-order chi connectivity index (χ0) is 17.3. The molecule has 2 aromatic heterocycles. The van der Waals surface area contributed by atoms with E-state index >= 15 is 0 Å². The third-order valence-electron chi connectivity index (χ3n) is 3.93. The molecule has 0 saturated carbocycles. The van der Waals surface area contributed by atoms with E-state index in [1.54, 1.807) is 11.9 Å². The Bertz CT molecular complexity index is 840. The maximum Gasteiger partial charge on any atom is 0.280 e. The zero-order valence-electron chi connectivity index (χ0n) is 13.6. The van der Waals surface area contributed by atoms with Crippen molar-refractivity contribution in [2.75, 3.05) is 38.5 Å². The Balaban J connectivity index is 1.83. The van der Waals surface area contributed by atoms with E-state index in [1.165, 1.54) is 15.8 Å². The first-order chi connectivity index (χ1) is 11.5. The summed E-state index contributed by atoms with van der Waals surface area (Å²) in [4.78, 5) is 50.2. The second-order valence-electron chi connectivity index (χ2n) is 5.62. The third kappa shape index (κ3) is 2.94. The zero-order valence-corrected chi connectivity index (χ0v) is 13.6. The lowest BCUT2D eigenvalue weighted by atomic mass is 10.3. The average molecular weight is 333 g/mol. The van der Waals surface area contributed by atoms with Crippen LogP contribution in [-0.2, 0) is 16.1 Å². The number of carbonyl (C=O) groups excluding carboxylic acids is 2. The molecule has 1 aliphatic rings. The molecule has 0 radical (unpaired) electrons. The normalized spacial score (nSPS) is 15.2. The minimum atomic E-state index is -0.364.